The van der Waals surface area contributed by atoms with Gasteiger partial charge in [0.25, 0.3) is 0 Å². The fourth-order valence-electron chi connectivity index (χ4n) is 1.06. The molecule has 78 valence electrons. The van der Waals surface area contributed by atoms with E-state index in [-0.39, 0.29) is 6.42 Å². The lowest BCUT2D eigenvalue weighted by Crippen LogP contribution is -1.97. The summed E-state index contributed by atoms with van der Waals surface area (Å²) in [6.07, 6.45) is -0.442. The van der Waals surface area contributed by atoms with Gasteiger partial charge in [-0.2, -0.15) is 0 Å². The third kappa shape index (κ3) is 3.84. The van der Waals surface area contributed by atoms with E-state index in [2.05, 4.69) is 16.6 Å². The Morgan fingerprint density at radius 3 is 2.73 bits per heavy atom. The summed E-state index contributed by atoms with van der Waals surface area (Å²) in [6, 6.07) is 9.17. The average Bonchev–Trinajstić information content (AvgIpc) is 2.29. The Balaban J connectivity index is 2.52. The van der Waals surface area contributed by atoms with Crippen molar-refractivity contribution < 1.29 is 14.6 Å². The molecule has 0 aliphatic rings. The molecule has 1 atom stereocenters. The number of rotatable bonds is 2. The van der Waals surface area contributed by atoms with E-state index in [9.17, 15) is 9.90 Å². The summed E-state index contributed by atoms with van der Waals surface area (Å²) >= 11 is 0. The Morgan fingerprint density at radius 2 is 2.13 bits per heavy atom. The maximum atomic E-state index is 10.7. The van der Waals surface area contributed by atoms with Gasteiger partial charge in [-0.1, -0.05) is 36.3 Å². The van der Waals surface area contributed by atoms with Crippen LogP contribution in [0.1, 0.15) is 18.1 Å². The summed E-state index contributed by atoms with van der Waals surface area (Å²) in [5, 5.41) is 9.65. The molecule has 0 aliphatic heterocycles. The molecule has 0 saturated carbocycles. The molecule has 3 nitrogen and oxygen atoms in total. The van der Waals surface area contributed by atoms with Gasteiger partial charge in [0.1, 0.15) is 0 Å². The van der Waals surface area contributed by atoms with Crippen LogP contribution in [0.15, 0.2) is 30.3 Å². The molecule has 0 spiro atoms. The first-order valence-electron chi connectivity index (χ1n) is 4.54. The van der Waals surface area contributed by atoms with E-state index in [4.69, 9.17) is 0 Å². The highest BCUT2D eigenvalue weighted by atomic mass is 16.5. The predicted molar refractivity (Wildman–Crippen MR) is 55.8 cm³/mol. The number of aliphatic hydroxyl groups is 1. The maximum absolute atomic E-state index is 10.7. The monoisotopic (exact) mass is 204 g/mol. The molecule has 0 radical (unpaired) electrons. The lowest BCUT2D eigenvalue weighted by molar-refractivity contribution is -0.133. The summed E-state index contributed by atoms with van der Waals surface area (Å²) in [7, 11) is 1.27. The van der Waals surface area contributed by atoms with E-state index in [0.717, 1.165) is 5.56 Å². The van der Waals surface area contributed by atoms with Gasteiger partial charge in [0, 0.05) is 12.3 Å². The van der Waals surface area contributed by atoms with Gasteiger partial charge in [-0.05, 0) is 5.56 Å². The minimum atomic E-state index is -0.664. The van der Waals surface area contributed by atoms with E-state index < -0.39 is 12.1 Å². The number of esters is 1. The lowest BCUT2D eigenvalue weighted by Gasteiger charge is -2.05. The minimum Gasteiger partial charge on any atom is -0.459 e. The number of hydrogen-bond donors (Lipinski definition) is 1. The number of ether oxygens (including phenoxy) is 1. The Labute approximate surface area is 88.7 Å². The second-order valence-corrected chi connectivity index (χ2v) is 2.92. The molecular weight excluding hydrogens is 192 g/mol. The Morgan fingerprint density at radius 1 is 1.47 bits per heavy atom. The van der Waals surface area contributed by atoms with Crippen LogP contribution in [0.25, 0.3) is 0 Å². The number of methoxy groups -OCH3 is 1. The number of carbonyl (C=O) groups excluding carboxylic acids is 1. The molecule has 1 aromatic rings. The Kier molecular flexibility index (Phi) is 4.39. The maximum Gasteiger partial charge on any atom is 0.384 e. The average molecular weight is 204 g/mol. The smallest absolute Gasteiger partial charge is 0.384 e. The first kappa shape index (κ1) is 11.3. The number of carbonyl (C=O) groups is 1. The van der Waals surface area contributed by atoms with Gasteiger partial charge in [0.2, 0.25) is 0 Å². The normalized spacial score (nSPS) is 11.1. The van der Waals surface area contributed by atoms with Crippen molar-refractivity contribution in [1.29, 1.82) is 0 Å². The lowest BCUT2D eigenvalue weighted by atomic mass is 10.1. The summed E-state index contributed by atoms with van der Waals surface area (Å²) in [4.78, 5) is 10.7. The molecule has 0 saturated heterocycles. The zero-order valence-corrected chi connectivity index (χ0v) is 8.43. The zero-order chi connectivity index (χ0) is 11.1. The van der Waals surface area contributed by atoms with Gasteiger partial charge < -0.3 is 9.84 Å². The highest BCUT2D eigenvalue weighted by Crippen LogP contribution is 2.14. The van der Waals surface area contributed by atoms with E-state index >= 15 is 0 Å². The van der Waals surface area contributed by atoms with E-state index in [1.54, 1.807) is 0 Å². The van der Waals surface area contributed by atoms with Gasteiger partial charge in [0.05, 0.1) is 13.2 Å². The van der Waals surface area contributed by atoms with Crippen molar-refractivity contribution in [2.24, 2.45) is 0 Å². The van der Waals surface area contributed by atoms with Crippen LogP contribution in [-0.4, -0.2) is 18.2 Å². The van der Waals surface area contributed by atoms with Crippen LogP contribution < -0.4 is 0 Å². The number of benzene rings is 1. The van der Waals surface area contributed by atoms with Gasteiger partial charge >= 0.3 is 5.97 Å². The van der Waals surface area contributed by atoms with E-state index in [1.807, 2.05) is 30.3 Å². The van der Waals surface area contributed by atoms with Gasteiger partial charge in [0.15, 0.2) is 0 Å². The molecule has 0 amide bonds. The molecule has 1 rings (SSSR count). The van der Waals surface area contributed by atoms with Crippen molar-refractivity contribution in [3.05, 3.63) is 35.9 Å². The Bertz CT molecular complexity index is 373. The van der Waals surface area contributed by atoms with Crippen LogP contribution in [-0.2, 0) is 9.53 Å². The minimum absolute atomic E-state index is 0.221. The van der Waals surface area contributed by atoms with Gasteiger partial charge in [-0.15, -0.1) is 0 Å². The van der Waals surface area contributed by atoms with Crippen LogP contribution in [0, 0.1) is 11.8 Å². The second kappa shape index (κ2) is 5.84. The molecular formula is C12H12O3. The SMILES string of the molecule is COC(=O)C#CCC(O)c1ccccc1. The quantitative estimate of drug-likeness (QED) is 0.448. The zero-order valence-electron chi connectivity index (χ0n) is 8.43. The molecule has 0 aliphatic carbocycles. The molecule has 0 heterocycles. The largest absolute Gasteiger partial charge is 0.459 e. The summed E-state index contributed by atoms with van der Waals surface area (Å²) < 4.78 is 4.34. The van der Waals surface area contributed by atoms with Crippen LogP contribution in [0.5, 0.6) is 0 Å². The van der Waals surface area contributed by atoms with Crippen molar-refractivity contribution >= 4 is 5.97 Å². The fourth-order valence-corrected chi connectivity index (χ4v) is 1.06. The molecule has 15 heavy (non-hydrogen) atoms. The second-order valence-electron chi connectivity index (χ2n) is 2.92. The Hall–Kier alpha value is -1.79. The van der Waals surface area contributed by atoms with Crippen molar-refractivity contribution in [1.82, 2.24) is 0 Å². The van der Waals surface area contributed by atoms with Gasteiger partial charge in [-0.3, -0.25) is 0 Å². The third-order valence-corrected chi connectivity index (χ3v) is 1.86. The fraction of sp³-hybridized carbons (Fsp3) is 0.250. The van der Waals surface area contributed by atoms with Crippen molar-refractivity contribution in [3.8, 4) is 11.8 Å². The van der Waals surface area contributed by atoms with Crippen LogP contribution in [0.4, 0.5) is 0 Å². The van der Waals surface area contributed by atoms with Crippen LogP contribution >= 0.6 is 0 Å². The molecule has 0 aromatic heterocycles. The molecule has 1 N–H and O–H groups in total. The first-order chi connectivity index (χ1) is 7.24. The summed E-state index contributed by atoms with van der Waals surface area (Å²) in [6.45, 7) is 0. The molecule has 1 unspecified atom stereocenters. The van der Waals surface area contributed by atoms with Crippen molar-refractivity contribution in [2.75, 3.05) is 7.11 Å². The summed E-state index contributed by atoms with van der Waals surface area (Å²) in [5.41, 5.74) is 0.789. The van der Waals surface area contributed by atoms with Crippen LogP contribution in [0.2, 0.25) is 0 Å². The highest BCUT2D eigenvalue weighted by molar-refractivity contribution is 5.88. The molecule has 3 heteroatoms. The standard InChI is InChI=1S/C12H12O3/c1-15-12(14)9-5-8-11(13)10-6-3-2-4-7-10/h2-4,6-7,11,13H,8H2,1H3. The van der Waals surface area contributed by atoms with Gasteiger partial charge in [-0.25, -0.2) is 4.79 Å². The first-order valence-corrected chi connectivity index (χ1v) is 4.54. The number of hydrogen-bond acceptors (Lipinski definition) is 3. The topological polar surface area (TPSA) is 46.5 Å². The van der Waals surface area contributed by atoms with E-state index in [0.29, 0.717) is 0 Å². The molecule has 0 bridgehead atoms. The van der Waals surface area contributed by atoms with Crippen molar-refractivity contribution in [3.63, 3.8) is 0 Å². The van der Waals surface area contributed by atoms with Crippen molar-refractivity contribution in [2.45, 2.75) is 12.5 Å². The highest BCUT2D eigenvalue weighted by Gasteiger charge is 2.03. The predicted octanol–water partition coefficient (Wildman–Crippen LogP) is 1.29. The van der Waals surface area contributed by atoms with E-state index in [1.165, 1.54) is 7.11 Å². The molecule has 0 fully saturated rings. The third-order valence-electron chi connectivity index (χ3n) is 1.86. The number of aliphatic hydroxyl groups excluding tert-OH is 1. The summed E-state index contributed by atoms with van der Waals surface area (Å²) in [5.74, 6) is 4.23. The van der Waals surface area contributed by atoms with Crippen LogP contribution in [0.3, 0.4) is 0 Å². The molecule has 1 aromatic carbocycles.